The van der Waals surface area contributed by atoms with Gasteiger partial charge in [0.25, 0.3) is 5.56 Å². The molecule has 148 valence electrons. The third-order valence-corrected chi connectivity index (χ3v) is 6.88. The maximum atomic E-state index is 12.9. The molecule has 1 aliphatic rings. The number of nitrogens with zero attached hydrogens (tertiary/aromatic N) is 3. The van der Waals surface area contributed by atoms with Gasteiger partial charge in [-0.1, -0.05) is 20.8 Å². The van der Waals surface area contributed by atoms with Crippen LogP contribution in [0.3, 0.4) is 0 Å². The number of rotatable bonds is 2. The number of amides is 1. The highest BCUT2D eigenvalue weighted by Gasteiger charge is 2.55. The van der Waals surface area contributed by atoms with Gasteiger partial charge in [-0.3, -0.25) is 14.8 Å². The molecule has 0 spiro atoms. The van der Waals surface area contributed by atoms with Crippen LogP contribution in [0.1, 0.15) is 45.1 Å². The van der Waals surface area contributed by atoms with Crippen molar-refractivity contribution in [1.29, 1.82) is 0 Å². The second kappa shape index (κ2) is 6.16. The first-order valence-electron chi connectivity index (χ1n) is 9.20. The van der Waals surface area contributed by atoms with Crippen molar-refractivity contribution in [2.45, 2.75) is 46.1 Å². The zero-order valence-corrected chi connectivity index (χ0v) is 17.1. The van der Waals surface area contributed by atoms with Crippen LogP contribution in [0, 0.1) is 12.3 Å². The first-order valence-corrected chi connectivity index (χ1v) is 10.0. The number of carboxylic acid groups (broad SMARTS) is 1. The topological polar surface area (TPSA) is 115 Å². The summed E-state index contributed by atoms with van der Waals surface area (Å²) in [6.45, 7) is 8.33. The van der Waals surface area contributed by atoms with Gasteiger partial charge >= 0.3 is 6.09 Å². The average molecular weight is 401 g/mol. The summed E-state index contributed by atoms with van der Waals surface area (Å²) in [7, 11) is 0. The summed E-state index contributed by atoms with van der Waals surface area (Å²) < 4.78 is 0.531. The van der Waals surface area contributed by atoms with Crippen molar-refractivity contribution in [3.8, 4) is 10.4 Å². The van der Waals surface area contributed by atoms with E-state index in [1.807, 2.05) is 33.8 Å². The quantitative estimate of drug-likeness (QED) is 0.606. The Balaban J connectivity index is 1.94. The molecule has 8 nitrogen and oxygen atoms in total. The van der Waals surface area contributed by atoms with Crippen LogP contribution in [0.25, 0.3) is 20.7 Å². The molecule has 0 aliphatic carbocycles. The molecule has 4 heterocycles. The molecule has 1 amide bonds. The van der Waals surface area contributed by atoms with Gasteiger partial charge in [0.05, 0.1) is 11.7 Å². The number of fused-ring (bicyclic) bond motifs is 1. The van der Waals surface area contributed by atoms with Gasteiger partial charge in [0.15, 0.2) is 0 Å². The zero-order chi connectivity index (χ0) is 20.3. The van der Waals surface area contributed by atoms with Crippen LogP contribution in [-0.2, 0) is 5.54 Å². The molecule has 1 fully saturated rings. The van der Waals surface area contributed by atoms with Crippen LogP contribution in [-0.4, -0.2) is 42.8 Å². The molecular weight excluding hydrogens is 378 g/mol. The van der Waals surface area contributed by atoms with Crippen LogP contribution >= 0.6 is 11.3 Å². The maximum Gasteiger partial charge on any atom is 0.408 e. The predicted molar refractivity (Wildman–Crippen MR) is 108 cm³/mol. The summed E-state index contributed by atoms with van der Waals surface area (Å²) in [5.41, 5.74) is 0.883. The number of hydrogen-bond acceptors (Lipinski definition) is 5. The van der Waals surface area contributed by atoms with E-state index < -0.39 is 17.0 Å². The SMILES string of the molecule is Cc1[nH]ncc1-c1cc2nc([C@@]3(C(C)(C)C)CCCN3C(=O)O)[nH]c(=O)c2s1. The minimum absolute atomic E-state index is 0.238. The summed E-state index contributed by atoms with van der Waals surface area (Å²) in [5.74, 6) is 0.422. The van der Waals surface area contributed by atoms with Crippen LogP contribution in [0.5, 0.6) is 0 Å². The van der Waals surface area contributed by atoms with Crippen molar-refractivity contribution >= 4 is 27.6 Å². The Morgan fingerprint density at radius 3 is 2.75 bits per heavy atom. The number of aryl methyl sites for hydroxylation is 1. The minimum atomic E-state index is -0.991. The van der Waals surface area contributed by atoms with Crippen LogP contribution in [0.4, 0.5) is 4.79 Å². The number of aromatic nitrogens is 4. The van der Waals surface area contributed by atoms with Crippen molar-refractivity contribution < 1.29 is 9.90 Å². The normalized spacial score (nSPS) is 20.2. The Kier molecular flexibility index (Phi) is 4.11. The Labute approximate surface area is 165 Å². The summed E-state index contributed by atoms with van der Waals surface area (Å²) in [4.78, 5) is 34.9. The molecule has 3 aromatic heterocycles. The van der Waals surface area contributed by atoms with E-state index >= 15 is 0 Å². The largest absolute Gasteiger partial charge is 0.465 e. The first kappa shape index (κ1) is 18.7. The minimum Gasteiger partial charge on any atom is -0.465 e. The standard InChI is InChI=1S/C19H23N5O3S/c1-10-11(9-20-23-10)13-8-12-14(28-13)15(25)22-16(21-12)19(18(2,3)4)6-5-7-24(19)17(26)27/h8-9H,5-7H2,1-4H3,(H,20,23)(H,26,27)(H,21,22,25)/t19-/m1/s1. The molecule has 3 aromatic rings. The highest BCUT2D eigenvalue weighted by Crippen LogP contribution is 2.50. The number of aromatic amines is 2. The summed E-state index contributed by atoms with van der Waals surface area (Å²) >= 11 is 1.36. The van der Waals surface area contributed by atoms with Crippen molar-refractivity contribution in [3.05, 3.63) is 34.1 Å². The lowest BCUT2D eigenvalue weighted by Gasteiger charge is -2.45. The Hall–Kier alpha value is -2.68. The van der Waals surface area contributed by atoms with Crippen molar-refractivity contribution in [2.75, 3.05) is 6.54 Å². The highest BCUT2D eigenvalue weighted by molar-refractivity contribution is 7.22. The molecule has 1 saturated heterocycles. The van der Waals surface area contributed by atoms with Gasteiger partial charge in [0, 0.05) is 22.7 Å². The Bertz CT molecular complexity index is 1120. The molecule has 0 radical (unpaired) electrons. The van der Waals surface area contributed by atoms with Crippen LogP contribution in [0.2, 0.25) is 0 Å². The van der Waals surface area contributed by atoms with Gasteiger partial charge in [0.2, 0.25) is 0 Å². The lowest BCUT2D eigenvalue weighted by Crippen LogP contribution is -2.54. The van der Waals surface area contributed by atoms with Crippen molar-refractivity contribution in [1.82, 2.24) is 25.1 Å². The van der Waals surface area contributed by atoms with Crippen LogP contribution in [0.15, 0.2) is 17.1 Å². The average Bonchev–Trinajstić information content (AvgIpc) is 3.30. The summed E-state index contributed by atoms with van der Waals surface area (Å²) in [5, 5.41) is 16.8. The predicted octanol–water partition coefficient (Wildman–Crippen LogP) is 3.70. The van der Waals surface area contributed by atoms with Gasteiger partial charge < -0.3 is 10.1 Å². The van der Waals surface area contributed by atoms with Gasteiger partial charge in [-0.15, -0.1) is 11.3 Å². The molecule has 1 atom stereocenters. The smallest absolute Gasteiger partial charge is 0.408 e. The molecule has 1 aliphatic heterocycles. The number of likely N-dealkylation sites (tertiary alicyclic amines) is 1. The number of hydrogen-bond donors (Lipinski definition) is 3. The Morgan fingerprint density at radius 2 is 2.14 bits per heavy atom. The van der Waals surface area contributed by atoms with Gasteiger partial charge in [0.1, 0.15) is 16.1 Å². The van der Waals surface area contributed by atoms with Gasteiger partial charge in [-0.05, 0) is 31.2 Å². The third kappa shape index (κ3) is 2.56. The first-order chi connectivity index (χ1) is 13.1. The highest BCUT2D eigenvalue weighted by atomic mass is 32.1. The molecule has 0 saturated carbocycles. The monoisotopic (exact) mass is 401 g/mol. The third-order valence-electron chi connectivity index (χ3n) is 5.72. The van der Waals surface area contributed by atoms with E-state index in [1.54, 1.807) is 6.20 Å². The molecule has 9 heteroatoms. The maximum absolute atomic E-state index is 12.9. The second-order valence-corrected chi connectivity index (χ2v) is 9.35. The molecule has 28 heavy (non-hydrogen) atoms. The second-order valence-electron chi connectivity index (χ2n) is 8.30. The van der Waals surface area contributed by atoms with Gasteiger partial charge in [-0.25, -0.2) is 9.78 Å². The molecule has 0 unspecified atom stereocenters. The van der Waals surface area contributed by atoms with Crippen molar-refractivity contribution in [3.63, 3.8) is 0 Å². The van der Waals surface area contributed by atoms with E-state index in [0.717, 1.165) is 22.6 Å². The number of H-pyrrole nitrogens is 2. The Morgan fingerprint density at radius 1 is 1.39 bits per heavy atom. The summed E-state index contributed by atoms with van der Waals surface area (Å²) in [6.07, 6.45) is 2.09. The van der Waals surface area contributed by atoms with E-state index in [9.17, 15) is 14.7 Å². The number of thiophene rings is 1. The van der Waals surface area contributed by atoms with E-state index in [4.69, 9.17) is 4.98 Å². The molecule has 0 aromatic carbocycles. The van der Waals surface area contributed by atoms with Gasteiger partial charge in [-0.2, -0.15) is 5.10 Å². The molecule has 0 bridgehead atoms. The molecule has 3 N–H and O–H groups in total. The molecular formula is C19H23N5O3S. The van der Waals surface area contributed by atoms with E-state index in [0.29, 0.717) is 29.0 Å². The molecule has 4 rings (SSSR count). The lowest BCUT2D eigenvalue weighted by molar-refractivity contribution is 0.0211. The van der Waals surface area contributed by atoms with Crippen LogP contribution < -0.4 is 5.56 Å². The fourth-order valence-corrected chi connectivity index (χ4v) is 5.39. The van der Waals surface area contributed by atoms with E-state index in [-0.39, 0.29) is 5.56 Å². The number of carbonyl (C=O) groups is 1. The van der Waals surface area contributed by atoms with Crippen molar-refractivity contribution in [2.24, 2.45) is 5.41 Å². The fraction of sp³-hybridized carbons (Fsp3) is 0.474. The van der Waals surface area contributed by atoms with E-state index in [1.165, 1.54) is 16.2 Å². The number of nitrogens with one attached hydrogen (secondary N) is 2. The zero-order valence-electron chi connectivity index (χ0n) is 16.3. The summed E-state index contributed by atoms with van der Waals surface area (Å²) in [6, 6.07) is 1.88. The van der Waals surface area contributed by atoms with E-state index in [2.05, 4.69) is 15.2 Å². The lowest BCUT2D eigenvalue weighted by atomic mass is 9.71. The fourth-order valence-electron chi connectivity index (χ4n) is 4.33.